The second-order valence-electron chi connectivity index (χ2n) is 2.17. The summed E-state index contributed by atoms with van der Waals surface area (Å²) < 4.78 is 12.1. The van der Waals surface area contributed by atoms with Gasteiger partial charge in [-0.3, -0.25) is 0 Å². The maximum atomic E-state index is 12.1. The molecule has 0 spiro atoms. The van der Waals surface area contributed by atoms with Crippen LogP contribution in [0.2, 0.25) is 0 Å². The van der Waals surface area contributed by atoms with Crippen LogP contribution in [0.25, 0.3) is 0 Å². The van der Waals surface area contributed by atoms with Crippen molar-refractivity contribution in [2.24, 2.45) is 5.73 Å². The molecule has 9 heavy (non-hydrogen) atoms. The molecule has 0 saturated heterocycles. The van der Waals surface area contributed by atoms with Crippen molar-refractivity contribution >= 4 is 0 Å². The fourth-order valence-corrected chi connectivity index (χ4v) is 0.959. The normalized spacial score (nSPS) is 33.3. The molecule has 1 aliphatic rings. The second-order valence-corrected chi connectivity index (χ2v) is 2.17. The molecule has 1 fully saturated rings. The first-order valence-corrected chi connectivity index (χ1v) is 3.68. The Labute approximate surface area is 56.4 Å². The highest BCUT2D eigenvalue weighted by atomic mass is 19.1. The molecule has 0 heterocycles. The fraction of sp³-hybridized carbons (Fsp3) is 1.00. The maximum absolute atomic E-state index is 12.1. The first-order chi connectivity index (χ1) is 4.29. The minimum Gasteiger partial charge on any atom is -0.328 e. The number of halogens is 1. The van der Waals surface area contributed by atoms with Gasteiger partial charge in [-0.2, -0.15) is 0 Å². The summed E-state index contributed by atoms with van der Waals surface area (Å²) in [6.07, 6.45) is 1.54. The van der Waals surface area contributed by atoms with E-state index in [4.69, 9.17) is 5.73 Å². The number of hydrogen-bond donors (Lipinski definition) is 1. The van der Waals surface area contributed by atoms with Crippen LogP contribution in [0.5, 0.6) is 0 Å². The van der Waals surface area contributed by atoms with Crippen LogP contribution < -0.4 is 5.73 Å². The lowest BCUT2D eigenvalue weighted by Gasteiger charge is -1.94. The number of hydrogen-bond acceptors (Lipinski definition) is 1. The average Bonchev–Trinajstić information content (AvgIpc) is 2.20. The van der Waals surface area contributed by atoms with Crippen LogP contribution in [0.3, 0.4) is 0 Å². The summed E-state index contributed by atoms with van der Waals surface area (Å²) in [6.45, 7) is 4.00. The predicted octanol–water partition coefficient (Wildman–Crippen LogP) is 1.86. The second kappa shape index (κ2) is 4.74. The van der Waals surface area contributed by atoms with Gasteiger partial charge in [0.15, 0.2) is 0 Å². The monoisotopic (exact) mass is 133 g/mol. The van der Waals surface area contributed by atoms with Crippen molar-refractivity contribution in [3.05, 3.63) is 0 Å². The topological polar surface area (TPSA) is 26.0 Å². The van der Waals surface area contributed by atoms with E-state index in [1.807, 2.05) is 13.8 Å². The molecule has 0 radical (unpaired) electrons. The van der Waals surface area contributed by atoms with E-state index in [0.29, 0.717) is 12.8 Å². The first-order valence-electron chi connectivity index (χ1n) is 3.68. The van der Waals surface area contributed by atoms with Crippen LogP contribution >= 0.6 is 0 Å². The van der Waals surface area contributed by atoms with Gasteiger partial charge in [-0.25, -0.2) is 4.39 Å². The van der Waals surface area contributed by atoms with Crippen LogP contribution in [0.4, 0.5) is 4.39 Å². The summed E-state index contributed by atoms with van der Waals surface area (Å²) in [5.41, 5.74) is 5.39. The van der Waals surface area contributed by atoms with Crippen molar-refractivity contribution in [3.8, 4) is 0 Å². The lowest BCUT2D eigenvalue weighted by Crippen LogP contribution is -2.14. The molecule has 0 aromatic rings. The van der Waals surface area contributed by atoms with Crippen molar-refractivity contribution in [1.82, 2.24) is 0 Å². The molecule has 1 rings (SSSR count). The standard InChI is InChI=1S/C5H10FN.C2H6/c6-4-1-2-5(7)3-4;1-2/h4-5H,1-3,7H2;1-2H3. The highest BCUT2D eigenvalue weighted by Crippen LogP contribution is 2.19. The van der Waals surface area contributed by atoms with Gasteiger partial charge in [0.1, 0.15) is 6.17 Å². The molecule has 0 amide bonds. The van der Waals surface area contributed by atoms with Gasteiger partial charge in [-0.15, -0.1) is 0 Å². The summed E-state index contributed by atoms with van der Waals surface area (Å²) in [7, 11) is 0. The Morgan fingerprint density at radius 2 is 1.89 bits per heavy atom. The maximum Gasteiger partial charge on any atom is 0.102 e. The van der Waals surface area contributed by atoms with Crippen molar-refractivity contribution < 1.29 is 4.39 Å². The SMILES string of the molecule is CC.NC1CCC(F)C1. The van der Waals surface area contributed by atoms with E-state index in [2.05, 4.69) is 0 Å². The van der Waals surface area contributed by atoms with E-state index in [9.17, 15) is 4.39 Å². The Morgan fingerprint density at radius 1 is 1.33 bits per heavy atom. The van der Waals surface area contributed by atoms with Gasteiger partial charge in [0.2, 0.25) is 0 Å². The third kappa shape index (κ3) is 3.46. The Balaban J connectivity index is 0.000000291. The summed E-state index contributed by atoms with van der Waals surface area (Å²) in [5, 5.41) is 0. The van der Waals surface area contributed by atoms with Crippen molar-refractivity contribution in [1.29, 1.82) is 0 Å². The molecule has 0 bridgehead atoms. The lowest BCUT2D eigenvalue weighted by atomic mass is 10.3. The first kappa shape index (κ1) is 8.89. The van der Waals surface area contributed by atoms with E-state index in [1.165, 1.54) is 0 Å². The predicted molar refractivity (Wildman–Crippen MR) is 38.1 cm³/mol. The lowest BCUT2D eigenvalue weighted by molar-refractivity contribution is 0.339. The molecule has 1 nitrogen and oxygen atoms in total. The molecule has 0 aliphatic heterocycles. The quantitative estimate of drug-likeness (QED) is 0.536. The Kier molecular flexibility index (Phi) is 4.68. The smallest absolute Gasteiger partial charge is 0.102 e. The van der Waals surface area contributed by atoms with Crippen LogP contribution in [-0.2, 0) is 0 Å². The zero-order chi connectivity index (χ0) is 7.28. The molecule has 2 heteroatoms. The van der Waals surface area contributed by atoms with Crippen molar-refractivity contribution in [3.63, 3.8) is 0 Å². The molecule has 2 unspecified atom stereocenters. The van der Waals surface area contributed by atoms with Gasteiger partial charge in [0.25, 0.3) is 0 Å². The summed E-state index contributed by atoms with van der Waals surface area (Å²) in [5.74, 6) is 0. The molecule has 2 N–H and O–H groups in total. The van der Waals surface area contributed by atoms with E-state index in [-0.39, 0.29) is 6.04 Å². The Bertz CT molecular complexity index is 57.9. The summed E-state index contributed by atoms with van der Waals surface area (Å²) in [4.78, 5) is 0. The average molecular weight is 133 g/mol. The van der Waals surface area contributed by atoms with Gasteiger partial charge in [-0.1, -0.05) is 13.8 Å². The van der Waals surface area contributed by atoms with E-state index < -0.39 is 6.17 Å². The number of alkyl halides is 1. The van der Waals surface area contributed by atoms with Crippen LogP contribution in [0.15, 0.2) is 0 Å². The summed E-state index contributed by atoms with van der Waals surface area (Å²) >= 11 is 0. The largest absolute Gasteiger partial charge is 0.328 e. The van der Waals surface area contributed by atoms with Gasteiger partial charge in [0.05, 0.1) is 0 Å². The minimum atomic E-state index is -0.602. The third-order valence-electron chi connectivity index (χ3n) is 1.41. The van der Waals surface area contributed by atoms with Crippen LogP contribution in [0.1, 0.15) is 33.1 Å². The molecule has 1 saturated carbocycles. The zero-order valence-electron chi connectivity index (χ0n) is 6.23. The Morgan fingerprint density at radius 3 is 2.00 bits per heavy atom. The van der Waals surface area contributed by atoms with Gasteiger partial charge >= 0.3 is 0 Å². The minimum absolute atomic E-state index is 0.148. The summed E-state index contributed by atoms with van der Waals surface area (Å²) in [6, 6.07) is 0.148. The highest BCUT2D eigenvalue weighted by Gasteiger charge is 2.19. The van der Waals surface area contributed by atoms with Crippen LogP contribution in [0, 0.1) is 0 Å². The highest BCUT2D eigenvalue weighted by molar-refractivity contribution is 4.76. The van der Waals surface area contributed by atoms with E-state index >= 15 is 0 Å². The van der Waals surface area contributed by atoms with Gasteiger partial charge in [-0.05, 0) is 19.3 Å². The number of rotatable bonds is 0. The molecular formula is C7H16FN. The van der Waals surface area contributed by atoms with E-state index in [0.717, 1.165) is 6.42 Å². The third-order valence-corrected chi connectivity index (χ3v) is 1.41. The van der Waals surface area contributed by atoms with Crippen molar-refractivity contribution in [2.75, 3.05) is 0 Å². The fourth-order valence-electron chi connectivity index (χ4n) is 0.959. The zero-order valence-corrected chi connectivity index (χ0v) is 6.23. The molecule has 56 valence electrons. The van der Waals surface area contributed by atoms with Gasteiger partial charge in [0, 0.05) is 6.04 Å². The number of nitrogens with two attached hydrogens (primary N) is 1. The van der Waals surface area contributed by atoms with E-state index in [1.54, 1.807) is 0 Å². The molecule has 1 aliphatic carbocycles. The molecule has 0 aromatic carbocycles. The molecular weight excluding hydrogens is 117 g/mol. The van der Waals surface area contributed by atoms with Crippen molar-refractivity contribution in [2.45, 2.75) is 45.3 Å². The van der Waals surface area contributed by atoms with Crippen LogP contribution in [-0.4, -0.2) is 12.2 Å². The molecule has 0 aromatic heterocycles. The Hall–Kier alpha value is -0.110. The molecule has 2 atom stereocenters. The van der Waals surface area contributed by atoms with Gasteiger partial charge < -0.3 is 5.73 Å².